The molecule has 154 valence electrons. The smallest absolute Gasteiger partial charge is 0.274 e. The van der Waals surface area contributed by atoms with E-state index in [1.54, 1.807) is 23.1 Å². The van der Waals surface area contributed by atoms with Crippen molar-refractivity contribution in [3.05, 3.63) is 53.4 Å². The van der Waals surface area contributed by atoms with Gasteiger partial charge >= 0.3 is 0 Å². The molecule has 3 aromatic rings. The summed E-state index contributed by atoms with van der Waals surface area (Å²) in [5.41, 5.74) is 3.37. The van der Waals surface area contributed by atoms with Gasteiger partial charge in [0.15, 0.2) is 11.5 Å². The monoisotopic (exact) mass is 404 g/mol. The van der Waals surface area contributed by atoms with Crippen LogP contribution < -0.4 is 4.90 Å². The lowest BCUT2D eigenvalue weighted by Crippen LogP contribution is -2.34. The van der Waals surface area contributed by atoms with Gasteiger partial charge in [0.25, 0.3) is 5.91 Å². The summed E-state index contributed by atoms with van der Waals surface area (Å²) in [6.07, 6.45) is 3.45. The Hall–Kier alpha value is -3.36. The predicted octanol–water partition coefficient (Wildman–Crippen LogP) is 1.59. The Morgan fingerprint density at radius 1 is 1.03 bits per heavy atom. The van der Waals surface area contributed by atoms with Crippen molar-refractivity contribution >= 4 is 11.7 Å². The lowest BCUT2D eigenvalue weighted by Gasteiger charge is -2.23. The van der Waals surface area contributed by atoms with E-state index in [0.29, 0.717) is 23.3 Å². The third kappa shape index (κ3) is 3.20. The first-order valence-electron chi connectivity index (χ1n) is 10.2. The van der Waals surface area contributed by atoms with Gasteiger partial charge in [0, 0.05) is 55.5 Å². The molecule has 2 aliphatic rings. The van der Waals surface area contributed by atoms with Crippen LogP contribution in [-0.2, 0) is 0 Å². The average Bonchev–Trinajstić information content (AvgIpc) is 3.40. The van der Waals surface area contributed by atoms with Gasteiger partial charge in [0.1, 0.15) is 12.1 Å². The van der Waals surface area contributed by atoms with Gasteiger partial charge in [-0.05, 0) is 39.0 Å². The minimum Gasteiger partial charge on any atom is -0.356 e. The van der Waals surface area contributed by atoms with Crippen LogP contribution in [0.3, 0.4) is 0 Å². The first-order chi connectivity index (χ1) is 14.5. The fourth-order valence-corrected chi connectivity index (χ4v) is 4.63. The molecule has 1 amide bonds. The average molecular weight is 404 g/mol. The molecule has 0 N–H and O–H groups in total. The molecule has 0 radical (unpaired) electrons. The van der Waals surface area contributed by atoms with Crippen molar-refractivity contribution in [2.45, 2.75) is 20.8 Å². The van der Waals surface area contributed by atoms with Crippen LogP contribution in [0.25, 0.3) is 5.82 Å². The Kier molecular flexibility index (Phi) is 4.45. The van der Waals surface area contributed by atoms with Crippen LogP contribution in [0, 0.1) is 32.6 Å². The van der Waals surface area contributed by atoms with Crippen LogP contribution in [0.2, 0.25) is 0 Å². The zero-order valence-corrected chi connectivity index (χ0v) is 17.4. The van der Waals surface area contributed by atoms with Crippen LogP contribution in [0.5, 0.6) is 0 Å². The number of nitrogens with zero attached hydrogens (tertiary/aromatic N) is 8. The number of likely N-dealkylation sites (tertiary alicyclic amines) is 1. The molecule has 2 saturated heterocycles. The SMILES string of the molecule is Cc1cc(C)n(-c2ccc(C(=O)N3CC4CN(c5ncncc5C)CC4C3)nn2)n1. The number of carbonyl (C=O) groups excluding carboxylic acids is 1. The molecule has 2 fully saturated rings. The molecule has 2 aliphatic heterocycles. The van der Waals surface area contributed by atoms with E-state index in [4.69, 9.17) is 0 Å². The molecule has 5 heterocycles. The summed E-state index contributed by atoms with van der Waals surface area (Å²) >= 11 is 0. The molecule has 0 spiro atoms. The van der Waals surface area contributed by atoms with Crippen LogP contribution in [-0.4, -0.2) is 66.9 Å². The topological polar surface area (TPSA) is 92.9 Å². The number of fused-ring (bicyclic) bond motifs is 1. The fraction of sp³-hybridized carbons (Fsp3) is 0.429. The molecule has 0 bridgehead atoms. The van der Waals surface area contributed by atoms with E-state index in [9.17, 15) is 4.79 Å². The lowest BCUT2D eigenvalue weighted by atomic mass is 10.0. The standard InChI is InChI=1S/C21H24N8O/c1-13-7-22-12-23-20(13)27-8-16-10-28(11-17(16)9-27)21(30)18-4-5-19(25-24-18)29-15(3)6-14(2)26-29/h4-7,12,16-17H,8-11H2,1-3H3. The molecular formula is C21H24N8O. The number of hydrogen-bond donors (Lipinski definition) is 0. The van der Waals surface area contributed by atoms with E-state index in [1.165, 1.54) is 0 Å². The second-order valence-electron chi connectivity index (χ2n) is 8.28. The van der Waals surface area contributed by atoms with E-state index < -0.39 is 0 Å². The maximum absolute atomic E-state index is 13.0. The second kappa shape index (κ2) is 7.16. The minimum absolute atomic E-state index is 0.0541. The van der Waals surface area contributed by atoms with Gasteiger partial charge in [0.05, 0.1) is 5.69 Å². The highest BCUT2D eigenvalue weighted by molar-refractivity contribution is 5.92. The molecule has 2 atom stereocenters. The Balaban J connectivity index is 1.26. The molecule has 0 aromatic carbocycles. The number of aromatic nitrogens is 6. The number of carbonyl (C=O) groups is 1. The molecule has 0 aliphatic carbocycles. The Morgan fingerprint density at radius 2 is 1.80 bits per heavy atom. The molecule has 3 aromatic heterocycles. The van der Waals surface area contributed by atoms with E-state index >= 15 is 0 Å². The predicted molar refractivity (Wildman–Crippen MR) is 110 cm³/mol. The summed E-state index contributed by atoms with van der Waals surface area (Å²) in [5, 5.41) is 12.8. The minimum atomic E-state index is -0.0541. The molecule has 9 nitrogen and oxygen atoms in total. The first kappa shape index (κ1) is 18.7. The van der Waals surface area contributed by atoms with Crippen LogP contribution in [0.4, 0.5) is 5.82 Å². The van der Waals surface area contributed by atoms with Gasteiger partial charge in [0.2, 0.25) is 0 Å². The highest BCUT2D eigenvalue weighted by atomic mass is 16.2. The van der Waals surface area contributed by atoms with Crippen molar-refractivity contribution in [3.63, 3.8) is 0 Å². The quantitative estimate of drug-likeness (QED) is 0.654. The van der Waals surface area contributed by atoms with Crippen molar-refractivity contribution in [2.24, 2.45) is 11.8 Å². The zero-order chi connectivity index (χ0) is 20.8. The molecular weight excluding hydrogens is 380 g/mol. The van der Waals surface area contributed by atoms with E-state index in [0.717, 1.165) is 48.9 Å². The van der Waals surface area contributed by atoms with E-state index in [1.807, 2.05) is 37.9 Å². The fourth-order valence-electron chi connectivity index (χ4n) is 4.63. The van der Waals surface area contributed by atoms with Crippen molar-refractivity contribution in [1.82, 2.24) is 34.8 Å². The van der Waals surface area contributed by atoms with Gasteiger partial charge in [-0.2, -0.15) is 5.10 Å². The molecule has 2 unspecified atom stereocenters. The van der Waals surface area contributed by atoms with Gasteiger partial charge in [-0.15, -0.1) is 10.2 Å². The molecule has 0 saturated carbocycles. The zero-order valence-electron chi connectivity index (χ0n) is 17.4. The number of hydrogen-bond acceptors (Lipinski definition) is 7. The number of anilines is 1. The number of amides is 1. The second-order valence-corrected chi connectivity index (χ2v) is 8.28. The van der Waals surface area contributed by atoms with Gasteiger partial charge in [-0.25, -0.2) is 14.6 Å². The highest BCUT2D eigenvalue weighted by Gasteiger charge is 2.42. The Bertz CT molecular complexity index is 1080. The van der Waals surface area contributed by atoms with Crippen molar-refractivity contribution in [2.75, 3.05) is 31.1 Å². The Labute approximate surface area is 174 Å². The summed E-state index contributed by atoms with van der Waals surface area (Å²) in [4.78, 5) is 25.7. The summed E-state index contributed by atoms with van der Waals surface area (Å²) in [5.74, 6) is 2.46. The Morgan fingerprint density at radius 3 is 2.40 bits per heavy atom. The summed E-state index contributed by atoms with van der Waals surface area (Å²) < 4.78 is 1.74. The molecule has 5 rings (SSSR count). The summed E-state index contributed by atoms with van der Waals surface area (Å²) in [7, 11) is 0. The normalized spacial score (nSPS) is 20.6. The van der Waals surface area contributed by atoms with Crippen molar-refractivity contribution in [1.29, 1.82) is 0 Å². The highest BCUT2D eigenvalue weighted by Crippen LogP contribution is 2.34. The van der Waals surface area contributed by atoms with E-state index in [2.05, 4.69) is 30.2 Å². The largest absolute Gasteiger partial charge is 0.356 e. The van der Waals surface area contributed by atoms with Crippen LogP contribution >= 0.6 is 0 Å². The van der Waals surface area contributed by atoms with Crippen LogP contribution in [0.1, 0.15) is 27.4 Å². The molecule has 30 heavy (non-hydrogen) atoms. The number of rotatable bonds is 3. The molecule has 9 heteroatoms. The third-order valence-electron chi connectivity index (χ3n) is 6.04. The van der Waals surface area contributed by atoms with Crippen molar-refractivity contribution < 1.29 is 4.79 Å². The van der Waals surface area contributed by atoms with Gasteiger partial charge in [-0.1, -0.05) is 0 Å². The van der Waals surface area contributed by atoms with Crippen LogP contribution in [0.15, 0.2) is 30.7 Å². The lowest BCUT2D eigenvalue weighted by molar-refractivity contribution is 0.0775. The van der Waals surface area contributed by atoms with Crippen molar-refractivity contribution in [3.8, 4) is 5.82 Å². The van der Waals surface area contributed by atoms with Gasteiger partial charge < -0.3 is 9.80 Å². The maximum atomic E-state index is 13.0. The van der Waals surface area contributed by atoms with Gasteiger partial charge in [-0.3, -0.25) is 4.79 Å². The summed E-state index contributed by atoms with van der Waals surface area (Å²) in [6.45, 7) is 9.25. The third-order valence-corrected chi connectivity index (χ3v) is 6.04. The summed E-state index contributed by atoms with van der Waals surface area (Å²) in [6, 6.07) is 5.53. The maximum Gasteiger partial charge on any atom is 0.274 e. The first-order valence-corrected chi connectivity index (χ1v) is 10.2. The number of aryl methyl sites for hydroxylation is 3. The van der Waals surface area contributed by atoms with E-state index in [-0.39, 0.29) is 5.91 Å².